The summed E-state index contributed by atoms with van der Waals surface area (Å²) < 4.78 is 0. The molecule has 1 aromatic carbocycles. The maximum Gasteiger partial charge on any atom is 0 e. The van der Waals surface area contributed by atoms with Crippen molar-refractivity contribution >= 4 is 41.7 Å². The zero-order valence-corrected chi connectivity index (χ0v) is 8.88. The van der Waals surface area contributed by atoms with Gasteiger partial charge in [0.25, 0.3) is 0 Å². The van der Waals surface area contributed by atoms with E-state index in [9.17, 15) is 0 Å². The fourth-order valence-corrected chi connectivity index (χ4v) is 0.883. The van der Waals surface area contributed by atoms with Crippen LogP contribution in [0.2, 0.25) is 0 Å². The third-order valence-corrected chi connectivity index (χ3v) is 1.44. The number of rotatable bonds is 2. The van der Waals surface area contributed by atoms with Crippen molar-refractivity contribution in [3.63, 3.8) is 0 Å². The fraction of sp³-hybridized carbons (Fsp3) is 0. The first-order valence-electron chi connectivity index (χ1n) is 3.22. The Bertz CT molecular complexity index is 224. The Morgan fingerprint density at radius 1 is 0.909 bits per heavy atom. The smallest absolute Gasteiger partial charge is 0 e. The number of benzene rings is 1. The zero-order valence-electron chi connectivity index (χ0n) is 6.88. The van der Waals surface area contributed by atoms with Gasteiger partial charge < -0.3 is 0 Å². The summed E-state index contributed by atoms with van der Waals surface area (Å²) in [6.07, 6.45) is 3.66. The second-order valence-corrected chi connectivity index (χ2v) is 2.04. The third kappa shape index (κ3) is 2.66. The Kier molecular flexibility index (Phi) is 5.22. The molecule has 1 rings (SSSR count). The van der Waals surface area contributed by atoms with E-state index in [1.165, 1.54) is 0 Å². The molecule has 0 spiro atoms. The van der Waals surface area contributed by atoms with Crippen LogP contribution in [0.4, 0.5) is 0 Å². The van der Waals surface area contributed by atoms with Crippen LogP contribution in [0, 0.1) is 0 Å². The van der Waals surface area contributed by atoms with Crippen LogP contribution in [0.5, 0.6) is 0 Å². The summed E-state index contributed by atoms with van der Waals surface area (Å²) in [6.45, 7) is 7.38. The Morgan fingerprint density at radius 2 is 1.27 bits per heavy atom. The van der Waals surface area contributed by atoms with Crippen LogP contribution in [0.15, 0.2) is 37.4 Å². The van der Waals surface area contributed by atoms with E-state index in [1.54, 1.807) is 0 Å². The van der Waals surface area contributed by atoms with Gasteiger partial charge in [0.2, 0.25) is 0 Å². The maximum absolute atomic E-state index is 3.69. The standard InChI is InChI=1S/C10H10.Na/c1-3-9-7-5-6-8-10(9)4-2;/h3-8H,1-2H2;. The zero-order chi connectivity index (χ0) is 7.40. The van der Waals surface area contributed by atoms with Gasteiger partial charge in [-0.2, -0.15) is 0 Å². The quantitative estimate of drug-likeness (QED) is 0.573. The third-order valence-electron chi connectivity index (χ3n) is 1.44. The van der Waals surface area contributed by atoms with Gasteiger partial charge in [-0.15, -0.1) is 0 Å². The van der Waals surface area contributed by atoms with Gasteiger partial charge in [-0.3, -0.25) is 0 Å². The molecule has 0 atom stereocenters. The summed E-state index contributed by atoms with van der Waals surface area (Å²) in [6, 6.07) is 8.02. The maximum atomic E-state index is 3.69. The molecule has 0 aliphatic heterocycles. The molecule has 0 aromatic heterocycles. The number of hydrogen-bond acceptors (Lipinski definition) is 0. The Morgan fingerprint density at radius 3 is 1.55 bits per heavy atom. The molecule has 0 unspecified atom stereocenters. The molecule has 51 valence electrons. The first-order valence-corrected chi connectivity index (χ1v) is 3.22. The minimum Gasteiger partial charge on any atom is -0.0984 e. The van der Waals surface area contributed by atoms with Crippen molar-refractivity contribution in [1.82, 2.24) is 0 Å². The van der Waals surface area contributed by atoms with Crippen molar-refractivity contribution in [3.05, 3.63) is 48.6 Å². The van der Waals surface area contributed by atoms with E-state index in [0.717, 1.165) is 11.1 Å². The van der Waals surface area contributed by atoms with Crippen molar-refractivity contribution in [3.8, 4) is 0 Å². The van der Waals surface area contributed by atoms with Crippen molar-refractivity contribution in [2.45, 2.75) is 0 Å². The Hall–Kier alpha value is -0.300. The molecule has 1 heteroatoms. The first-order chi connectivity index (χ1) is 4.88. The van der Waals surface area contributed by atoms with Crippen LogP contribution in [-0.2, 0) is 0 Å². The van der Waals surface area contributed by atoms with Crippen LogP contribution >= 0.6 is 0 Å². The molecule has 0 saturated carbocycles. The second-order valence-electron chi connectivity index (χ2n) is 2.04. The summed E-state index contributed by atoms with van der Waals surface area (Å²) in [4.78, 5) is 0. The summed E-state index contributed by atoms with van der Waals surface area (Å²) in [5.74, 6) is 0. The Balaban J connectivity index is 0.000001000. The molecule has 1 radical (unpaired) electrons. The minimum absolute atomic E-state index is 0. The van der Waals surface area contributed by atoms with Gasteiger partial charge in [-0.25, -0.2) is 0 Å². The van der Waals surface area contributed by atoms with E-state index in [2.05, 4.69) is 13.2 Å². The Labute approximate surface area is 89.9 Å². The summed E-state index contributed by atoms with van der Waals surface area (Å²) >= 11 is 0. The van der Waals surface area contributed by atoms with Crippen molar-refractivity contribution < 1.29 is 0 Å². The van der Waals surface area contributed by atoms with Crippen LogP contribution in [0.1, 0.15) is 11.1 Å². The molecule has 11 heavy (non-hydrogen) atoms. The van der Waals surface area contributed by atoms with Crippen LogP contribution < -0.4 is 0 Å². The molecule has 0 amide bonds. The summed E-state index contributed by atoms with van der Waals surface area (Å²) in [5.41, 5.74) is 2.27. The molecular weight excluding hydrogens is 143 g/mol. The molecule has 0 nitrogen and oxygen atoms in total. The van der Waals surface area contributed by atoms with Crippen LogP contribution in [-0.4, -0.2) is 29.6 Å². The fourth-order valence-electron chi connectivity index (χ4n) is 0.883. The minimum atomic E-state index is 0. The molecular formula is C10H10Na. The molecule has 0 heterocycles. The van der Waals surface area contributed by atoms with Gasteiger partial charge in [0, 0.05) is 29.6 Å². The van der Waals surface area contributed by atoms with Crippen molar-refractivity contribution in [2.24, 2.45) is 0 Å². The van der Waals surface area contributed by atoms with Gasteiger partial charge in [-0.1, -0.05) is 49.6 Å². The van der Waals surface area contributed by atoms with E-state index >= 15 is 0 Å². The SMILES string of the molecule is C=Cc1ccccc1C=C.[Na]. The largest absolute Gasteiger partial charge is 0.0984 e. The molecule has 0 aliphatic rings. The van der Waals surface area contributed by atoms with E-state index in [-0.39, 0.29) is 29.6 Å². The topological polar surface area (TPSA) is 0 Å². The van der Waals surface area contributed by atoms with E-state index in [4.69, 9.17) is 0 Å². The second kappa shape index (κ2) is 5.36. The first kappa shape index (κ1) is 10.7. The van der Waals surface area contributed by atoms with Crippen LogP contribution in [0.3, 0.4) is 0 Å². The molecule has 0 aliphatic carbocycles. The van der Waals surface area contributed by atoms with E-state index in [0.29, 0.717) is 0 Å². The van der Waals surface area contributed by atoms with Gasteiger partial charge >= 0.3 is 0 Å². The normalized spacial score (nSPS) is 8.00. The van der Waals surface area contributed by atoms with Crippen molar-refractivity contribution in [1.29, 1.82) is 0 Å². The predicted molar refractivity (Wildman–Crippen MR) is 52.4 cm³/mol. The molecule has 0 fully saturated rings. The van der Waals surface area contributed by atoms with Crippen molar-refractivity contribution in [2.75, 3.05) is 0 Å². The van der Waals surface area contributed by atoms with E-state index in [1.807, 2.05) is 36.4 Å². The average Bonchev–Trinajstić information content (AvgIpc) is 2.04. The summed E-state index contributed by atoms with van der Waals surface area (Å²) in [7, 11) is 0. The van der Waals surface area contributed by atoms with E-state index < -0.39 is 0 Å². The van der Waals surface area contributed by atoms with Gasteiger partial charge in [-0.05, 0) is 11.1 Å². The molecule has 0 N–H and O–H groups in total. The van der Waals surface area contributed by atoms with Gasteiger partial charge in [0.15, 0.2) is 0 Å². The molecule has 0 saturated heterocycles. The monoisotopic (exact) mass is 153 g/mol. The molecule has 0 bridgehead atoms. The average molecular weight is 153 g/mol. The molecule has 1 aromatic rings. The number of hydrogen-bond donors (Lipinski definition) is 0. The van der Waals surface area contributed by atoms with Gasteiger partial charge in [0.05, 0.1) is 0 Å². The predicted octanol–water partition coefficient (Wildman–Crippen LogP) is 2.59. The van der Waals surface area contributed by atoms with Gasteiger partial charge in [0.1, 0.15) is 0 Å². The summed E-state index contributed by atoms with van der Waals surface area (Å²) in [5, 5.41) is 0. The van der Waals surface area contributed by atoms with Crippen LogP contribution in [0.25, 0.3) is 12.2 Å².